The number of benzene rings is 1. The lowest BCUT2D eigenvalue weighted by Crippen LogP contribution is -1.97. The lowest BCUT2D eigenvalue weighted by atomic mass is 10.3. The molecule has 0 amide bonds. The molecule has 0 unspecified atom stereocenters. The summed E-state index contributed by atoms with van der Waals surface area (Å²) in [7, 11) is 0. The van der Waals surface area contributed by atoms with Crippen molar-refractivity contribution in [2.24, 2.45) is 0 Å². The summed E-state index contributed by atoms with van der Waals surface area (Å²) in [6.07, 6.45) is 0. The molecule has 0 aromatic heterocycles. The fourth-order valence-corrected chi connectivity index (χ4v) is 1.11. The van der Waals surface area contributed by atoms with Crippen LogP contribution in [0.3, 0.4) is 0 Å². The quantitative estimate of drug-likeness (QED) is 0.635. The van der Waals surface area contributed by atoms with Crippen LogP contribution in [0.4, 0.5) is 5.69 Å². The van der Waals surface area contributed by atoms with Crippen molar-refractivity contribution >= 4 is 28.1 Å². The third-order valence-corrected chi connectivity index (χ3v) is 1.67. The van der Waals surface area contributed by atoms with Gasteiger partial charge in [-0.25, -0.2) is 0 Å². The van der Waals surface area contributed by atoms with E-state index in [4.69, 9.17) is 0 Å². The molecule has 0 aliphatic carbocycles. The van der Waals surface area contributed by atoms with Crippen LogP contribution in [-0.4, -0.2) is 6.47 Å². The van der Waals surface area contributed by atoms with Gasteiger partial charge in [0.25, 0.3) is 6.47 Å². The van der Waals surface area contributed by atoms with Crippen molar-refractivity contribution in [2.45, 2.75) is 0 Å². The molecule has 0 aliphatic rings. The molecule has 1 aromatic carbocycles. The second-order valence-corrected chi connectivity index (χ2v) is 2.92. The maximum absolute atomic E-state index is 9.76. The van der Waals surface area contributed by atoms with Gasteiger partial charge in [-0.1, -0.05) is 22.0 Å². The number of nitrogens with one attached hydrogen (secondary N) is 1. The van der Waals surface area contributed by atoms with Gasteiger partial charge in [0.1, 0.15) is 0 Å². The summed E-state index contributed by atoms with van der Waals surface area (Å²) in [6.45, 7) is 1.57. The van der Waals surface area contributed by atoms with Crippen molar-refractivity contribution in [2.75, 3.05) is 5.32 Å². The Morgan fingerprint density at radius 1 is 1.50 bits per heavy atom. The maximum Gasteiger partial charge on any atom is 0.295 e. The SMILES string of the molecule is O=CO[CH]Nc1cccc(Br)c1. The summed E-state index contributed by atoms with van der Waals surface area (Å²) in [5.41, 5.74) is 0.853. The predicted octanol–water partition coefficient (Wildman–Crippen LogP) is 2.15. The normalized spacial score (nSPS) is 9.08. The standard InChI is InChI=1S/C8H7BrNO2/c9-7-2-1-3-8(4-7)10-5-12-6-11/h1-6,10H. The number of rotatable bonds is 4. The Bertz CT molecular complexity index is 265. The van der Waals surface area contributed by atoms with E-state index in [9.17, 15) is 4.79 Å². The highest BCUT2D eigenvalue weighted by Gasteiger charge is 1.91. The molecule has 0 spiro atoms. The van der Waals surface area contributed by atoms with E-state index in [1.54, 1.807) is 0 Å². The third kappa shape index (κ3) is 2.92. The van der Waals surface area contributed by atoms with Crippen LogP contribution in [0.25, 0.3) is 0 Å². The van der Waals surface area contributed by atoms with Gasteiger partial charge in [0, 0.05) is 10.2 Å². The van der Waals surface area contributed by atoms with E-state index in [1.807, 2.05) is 24.3 Å². The first-order valence-electron chi connectivity index (χ1n) is 3.26. The van der Waals surface area contributed by atoms with Gasteiger partial charge in [0.15, 0.2) is 0 Å². The van der Waals surface area contributed by atoms with Gasteiger partial charge in [0.05, 0.1) is 0 Å². The van der Waals surface area contributed by atoms with E-state index in [0.29, 0.717) is 6.47 Å². The Morgan fingerprint density at radius 3 is 3.00 bits per heavy atom. The number of carbonyl (C=O) groups is 1. The predicted molar refractivity (Wildman–Crippen MR) is 49.2 cm³/mol. The van der Waals surface area contributed by atoms with Crippen molar-refractivity contribution in [3.05, 3.63) is 35.5 Å². The zero-order valence-electron chi connectivity index (χ0n) is 6.16. The van der Waals surface area contributed by atoms with Crippen LogP contribution in [0.1, 0.15) is 0 Å². The number of hydrogen-bond donors (Lipinski definition) is 1. The first kappa shape index (κ1) is 9.06. The highest BCUT2D eigenvalue weighted by molar-refractivity contribution is 9.10. The maximum atomic E-state index is 9.76. The van der Waals surface area contributed by atoms with Gasteiger partial charge in [0.2, 0.25) is 6.73 Å². The average molecular weight is 229 g/mol. The number of hydrogen-bond acceptors (Lipinski definition) is 3. The van der Waals surface area contributed by atoms with Gasteiger partial charge in [-0.05, 0) is 18.2 Å². The van der Waals surface area contributed by atoms with E-state index in [1.165, 1.54) is 6.73 Å². The summed E-state index contributed by atoms with van der Waals surface area (Å²) in [5.74, 6) is 0. The molecule has 1 radical (unpaired) electrons. The fraction of sp³-hybridized carbons (Fsp3) is 0. The third-order valence-electron chi connectivity index (χ3n) is 1.17. The minimum atomic E-state index is 0.352. The highest BCUT2D eigenvalue weighted by Crippen LogP contribution is 2.15. The molecule has 0 saturated heterocycles. The molecule has 0 heterocycles. The molecule has 1 rings (SSSR count). The Balaban J connectivity index is 2.46. The molecule has 3 nitrogen and oxygen atoms in total. The van der Waals surface area contributed by atoms with Crippen molar-refractivity contribution in [3.63, 3.8) is 0 Å². The second-order valence-electron chi connectivity index (χ2n) is 2.00. The van der Waals surface area contributed by atoms with Crippen molar-refractivity contribution in [1.82, 2.24) is 0 Å². The van der Waals surface area contributed by atoms with Crippen LogP contribution in [0.2, 0.25) is 0 Å². The van der Waals surface area contributed by atoms with Crippen LogP contribution in [0.5, 0.6) is 0 Å². The van der Waals surface area contributed by atoms with Gasteiger partial charge >= 0.3 is 0 Å². The minimum Gasteiger partial charge on any atom is -0.438 e. The molecule has 0 fully saturated rings. The topological polar surface area (TPSA) is 38.3 Å². The fourth-order valence-electron chi connectivity index (χ4n) is 0.708. The lowest BCUT2D eigenvalue weighted by molar-refractivity contribution is -0.125. The summed E-state index contributed by atoms with van der Waals surface area (Å²) < 4.78 is 5.31. The molecule has 63 valence electrons. The monoisotopic (exact) mass is 228 g/mol. The number of halogens is 1. The largest absolute Gasteiger partial charge is 0.438 e. The molecule has 0 saturated carbocycles. The molecule has 0 aliphatic heterocycles. The number of anilines is 1. The van der Waals surface area contributed by atoms with Gasteiger partial charge in [-0.3, -0.25) is 4.79 Å². The van der Waals surface area contributed by atoms with Crippen LogP contribution in [-0.2, 0) is 9.53 Å². The molecule has 0 bridgehead atoms. The number of ether oxygens (including phenoxy) is 1. The van der Waals surface area contributed by atoms with Crippen LogP contribution in [0, 0.1) is 6.73 Å². The summed E-state index contributed by atoms with van der Waals surface area (Å²) in [5, 5.41) is 2.78. The molecule has 12 heavy (non-hydrogen) atoms. The first-order valence-corrected chi connectivity index (χ1v) is 4.05. The van der Waals surface area contributed by atoms with Crippen molar-refractivity contribution in [3.8, 4) is 0 Å². The number of carbonyl (C=O) groups excluding carboxylic acids is 1. The Kier molecular flexibility index (Phi) is 3.60. The van der Waals surface area contributed by atoms with Crippen molar-refractivity contribution < 1.29 is 9.53 Å². The lowest BCUT2D eigenvalue weighted by Gasteiger charge is -2.02. The smallest absolute Gasteiger partial charge is 0.295 e. The Morgan fingerprint density at radius 2 is 2.33 bits per heavy atom. The zero-order chi connectivity index (χ0) is 8.81. The van der Waals surface area contributed by atoms with E-state index in [0.717, 1.165) is 10.2 Å². The van der Waals surface area contributed by atoms with Gasteiger partial charge in [-0.2, -0.15) is 0 Å². The van der Waals surface area contributed by atoms with Crippen molar-refractivity contribution in [1.29, 1.82) is 0 Å². The molecular formula is C8H7BrNO2. The Hall–Kier alpha value is -1.03. The highest BCUT2D eigenvalue weighted by atomic mass is 79.9. The average Bonchev–Trinajstić information content (AvgIpc) is 2.05. The summed E-state index contributed by atoms with van der Waals surface area (Å²) in [4.78, 5) is 9.76. The van der Waals surface area contributed by atoms with Crippen LogP contribution in [0.15, 0.2) is 28.7 Å². The summed E-state index contributed by atoms with van der Waals surface area (Å²) in [6, 6.07) is 7.51. The molecular weight excluding hydrogens is 222 g/mol. The second kappa shape index (κ2) is 4.77. The first-order chi connectivity index (χ1) is 5.83. The zero-order valence-corrected chi connectivity index (χ0v) is 7.74. The van der Waals surface area contributed by atoms with Crippen LogP contribution >= 0.6 is 15.9 Å². The molecule has 1 aromatic rings. The molecule has 1 N–H and O–H groups in total. The van der Waals surface area contributed by atoms with E-state index in [2.05, 4.69) is 26.0 Å². The molecule has 0 atom stereocenters. The molecule has 4 heteroatoms. The van der Waals surface area contributed by atoms with Gasteiger partial charge in [-0.15, -0.1) is 0 Å². The van der Waals surface area contributed by atoms with Gasteiger partial charge < -0.3 is 10.1 Å². The summed E-state index contributed by atoms with van der Waals surface area (Å²) >= 11 is 3.31. The minimum absolute atomic E-state index is 0.352. The van der Waals surface area contributed by atoms with E-state index >= 15 is 0 Å². The van der Waals surface area contributed by atoms with E-state index < -0.39 is 0 Å². The van der Waals surface area contributed by atoms with E-state index in [-0.39, 0.29) is 0 Å². The van der Waals surface area contributed by atoms with Crippen LogP contribution < -0.4 is 5.32 Å². The Labute approximate surface area is 78.9 Å².